The zero-order valence-electron chi connectivity index (χ0n) is 13.5. The van der Waals surface area contributed by atoms with Crippen LogP contribution in [0.15, 0.2) is 0 Å². The van der Waals surface area contributed by atoms with E-state index in [1.807, 2.05) is 0 Å². The lowest BCUT2D eigenvalue weighted by atomic mass is 9.76. The van der Waals surface area contributed by atoms with Crippen LogP contribution in [-0.4, -0.2) is 48.8 Å². The fraction of sp³-hybridized carbons (Fsp3) is 1.00. The molecule has 3 heteroatoms. The van der Waals surface area contributed by atoms with Gasteiger partial charge in [-0.25, -0.2) is 0 Å². The Morgan fingerprint density at radius 1 is 1.00 bits per heavy atom. The van der Waals surface area contributed by atoms with Crippen LogP contribution in [0, 0.1) is 5.92 Å². The van der Waals surface area contributed by atoms with Gasteiger partial charge in [0.2, 0.25) is 0 Å². The molecule has 2 heterocycles. The molecule has 1 unspecified atom stereocenters. The van der Waals surface area contributed by atoms with Crippen molar-refractivity contribution in [1.82, 2.24) is 10.2 Å². The third kappa shape index (κ3) is 2.77. The van der Waals surface area contributed by atoms with E-state index < -0.39 is 0 Å². The zero-order chi connectivity index (χ0) is 14.2. The summed E-state index contributed by atoms with van der Waals surface area (Å²) in [5.74, 6) is 0.793. The Bertz CT molecular complexity index is 352. The summed E-state index contributed by atoms with van der Waals surface area (Å²) in [6, 6.07) is 0. The molecule has 0 aromatic carbocycles. The topological polar surface area (TPSA) is 24.5 Å². The van der Waals surface area contributed by atoms with Crippen molar-refractivity contribution in [3.8, 4) is 0 Å². The van der Waals surface area contributed by atoms with Crippen molar-refractivity contribution in [1.29, 1.82) is 0 Å². The summed E-state index contributed by atoms with van der Waals surface area (Å²) in [6.45, 7) is 5.86. The Labute approximate surface area is 129 Å². The monoisotopic (exact) mass is 292 g/mol. The molecule has 0 bridgehead atoms. The van der Waals surface area contributed by atoms with Crippen LogP contribution < -0.4 is 5.32 Å². The normalized spacial score (nSPS) is 35.7. The molecule has 2 spiro atoms. The summed E-state index contributed by atoms with van der Waals surface area (Å²) in [4.78, 5) is 2.93. The molecule has 120 valence electrons. The molecule has 1 atom stereocenters. The van der Waals surface area contributed by atoms with E-state index in [0.29, 0.717) is 11.1 Å². The summed E-state index contributed by atoms with van der Waals surface area (Å²) in [6.07, 6.45) is 14.1. The summed E-state index contributed by atoms with van der Waals surface area (Å²) < 4.78 is 5.64. The molecule has 2 saturated carbocycles. The van der Waals surface area contributed by atoms with E-state index in [2.05, 4.69) is 10.2 Å². The van der Waals surface area contributed by atoms with Crippen molar-refractivity contribution in [3.05, 3.63) is 0 Å². The number of piperazine rings is 1. The molecule has 2 aliphatic heterocycles. The highest BCUT2D eigenvalue weighted by atomic mass is 16.5. The van der Waals surface area contributed by atoms with Crippen molar-refractivity contribution in [2.75, 3.05) is 32.8 Å². The molecule has 0 aromatic heterocycles. The van der Waals surface area contributed by atoms with Crippen LogP contribution >= 0.6 is 0 Å². The van der Waals surface area contributed by atoms with Gasteiger partial charge in [-0.05, 0) is 38.0 Å². The Kier molecular flexibility index (Phi) is 4.01. The van der Waals surface area contributed by atoms with Gasteiger partial charge in [-0.1, -0.05) is 32.1 Å². The van der Waals surface area contributed by atoms with Gasteiger partial charge in [-0.15, -0.1) is 0 Å². The molecule has 2 saturated heterocycles. The lowest BCUT2D eigenvalue weighted by Crippen LogP contribution is -2.70. The van der Waals surface area contributed by atoms with E-state index in [9.17, 15) is 0 Å². The molecular formula is C18H32N2O. The maximum Gasteiger partial charge on any atom is 0.0507 e. The predicted octanol–water partition coefficient (Wildman–Crippen LogP) is 2.94. The smallest absolute Gasteiger partial charge is 0.0507 e. The van der Waals surface area contributed by atoms with Gasteiger partial charge in [-0.3, -0.25) is 4.90 Å². The molecule has 0 aromatic rings. The Hall–Kier alpha value is -0.120. The van der Waals surface area contributed by atoms with E-state index in [4.69, 9.17) is 4.74 Å². The van der Waals surface area contributed by atoms with Crippen LogP contribution in [0.2, 0.25) is 0 Å². The summed E-state index contributed by atoms with van der Waals surface area (Å²) in [7, 11) is 0. The molecule has 3 nitrogen and oxygen atoms in total. The zero-order valence-corrected chi connectivity index (χ0v) is 13.5. The Balaban J connectivity index is 1.50. The molecule has 1 N–H and O–H groups in total. The van der Waals surface area contributed by atoms with Crippen LogP contribution in [0.3, 0.4) is 0 Å². The number of rotatable bonds is 2. The van der Waals surface area contributed by atoms with Crippen molar-refractivity contribution < 1.29 is 4.74 Å². The molecule has 4 fully saturated rings. The predicted molar refractivity (Wildman–Crippen MR) is 85.5 cm³/mol. The quantitative estimate of drug-likeness (QED) is 0.847. The van der Waals surface area contributed by atoms with Crippen molar-refractivity contribution in [3.63, 3.8) is 0 Å². The molecule has 0 radical (unpaired) electrons. The van der Waals surface area contributed by atoms with E-state index >= 15 is 0 Å². The summed E-state index contributed by atoms with van der Waals surface area (Å²) >= 11 is 0. The maximum absolute atomic E-state index is 5.64. The van der Waals surface area contributed by atoms with Gasteiger partial charge in [-0.2, -0.15) is 0 Å². The van der Waals surface area contributed by atoms with Gasteiger partial charge in [0.15, 0.2) is 0 Å². The average molecular weight is 292 g/mol. The highest BCUT2D eigenvalue weighted by Crippen LogP contribution is 2.42. The minimum atomic E-state index is 0.450. The van der Waals surface area contributed by atoms with Crippen molar-refractivity contribution in [2.45, 2.75) is 75.3 Å². The summed E-state index contributed by atoms with van der Waals surface area (Å²) in [5.41, 5.74) is 0.941. The molecule has 21 heavy (non-hydrogen) atoms. The second-order valence-corrected chi connectivity index (χ2v) is 8.24. The Morgan fingerprint density at radius 3 is 2.48 bits per heavy atom. The third-order valence-corrected chi connectivity index (χ3v) is 6.80. The molecular weight excluding hydrogens is 260 g/mol. The second kappa shape index (κ2) is 5.82. The van der Waals surface area contributed by atoms with Crippen LogP contribution in [0.1, 0.15) is 64.2 Å². The first kappa shape index (κ1) is 14.5. The number of nitrogens with zero attached hydrogens (tertiary/aromatic N) is 1. The largest absolute Gasteiger partial charge is 0.381 e. The number of hydrogen-bond donors (Lipinski definition) is 1. The number of hydrogen-bond acceptors (Lipinski definition) is 3. The first-order chi connectivity index (χ1) is 10.3. The SMILES string of the molecule is C1CCC2(CC1)CN(CC1CCOC1)C1(CCCC1)CN2. The third-order valence-electron chi connectivity index (χ3n) is 6.80. The van der Waals surface area contributed by atoms with Gasteiger partial charge < -0.3 is 10.1 Å². The van der Waals surface area contributed by atoms with Crippen LogP contribution in [-0.2, 0) is 4.74 Å². The average Bonchev–Trinajstić information content (AvgIpc) is 3.17. The van der Waals surface area contributed by atoms with Crippen molar-refractivity contribution in [2.24, 2.45) is 5.92 Å². The fourth-order valence-electron chi connectivity index (χ4n) is 5.44. The van der Waals surface area contributed by atoms with Gasteiger partial charge in [0.25, 0.3) is 0 Å². The molecule has 4 rings (SSSR count). The van der Waals surface area contributed by atoms with E-state index in [-0.39, 0.29) is 0 Å². The molecule has 0 amide bonds. The first-order valence-corrected chi connectivity index (χ1v) is 9.38. The fourth-order valence-corrected chi connectivity index (χ4v) is 5.44. The lowest BCUT2D eigenvalue weighted by molar-refractivity contribution is -0.0163. The minimum Gasteiger partial charge on any atom is -0.381 e. The lowest BCUT2D eigenvalue weighted by Gasteiger charge is -2.55. The van der Waals surface area contributed by atoms with Gasteiger partial charge in [0.1, 0.15) is 0 Å². The van der Waals surface area contributed by atoms with Crippen LogP contribution in [0.25, 0.3) is 0 Å². The van der Waals surface area contributed by atoms with Crippen molar-refractivity contribution >= 4 is 0 Å². The van der Waals surface area contributed by atoms with Gasteiger partial charge in [0.05, 0.1) is 6.61 Å². The number of ether oxygens (including phenoxy) is 1. The van der Waals surface area contributed by atoms with Gasteiger partial charge >= 0.3 is 0 Å². The first-order valence-electron chi connectivity index (χ1n) is 9.38. The standard InChI is InChI=1S/C18H32N2O/c1-2-7-17(8-3-1)15-20(12-16-6-11-21-13-16)18(14-19-17)9-4-5-10-18/h16,19H,1-15H2. The van der Waals surface area contributed by atoms with Crippen LogP contribution in [0.5, 0.6) is 0 Å². The Morgan fingerprint density at radius 2 is 1.76 bits per heavy atom. The molecule has 2 aliphatic carbocycles. The minimum absolute atomic E-state index is 0.450. The van der Waals surface area contributed by atoms with Crippen LogP contribution in [0.4, 0.5) is 0 Å². The second-order valence-electron chi connectivity index (χ2n) is 8.24. The molecule has 4 aliphatic rings. The van der Waals surface area contributed by atoms with E-state index in [1.54, 1.807) is 0 Å². The number of nitrogens with one attached hydrogen (secondary N) is 1. The highest BCUT2D eigenvalue weighted by molar-refractivity contribution is 5.08. The maximum atomic E-state index is 5.64. The highest BCUT2D eigenvalue weighted by Gasteiger charge is 2.49. The van der Waals surface area contributed by atoms with E-state index in [0.717, 1.165) is 19.1 Å². The van der Waals surface area contributed by atoms with E-state index in [1.165, 1.54) is 83.8 Å². The van der Waals surface area contributed by atoms with Gasteiger partial charge in [0, 0.05) is 37.3 Å². The summed E-state index contributed by atoms with van der Waals surface area (Å²) in [5, 5.41) is 4.05.